The Bertz CT molecular complexity index is 943. The Morgan fingerprint density at radius 3 is 2.41 bits per heavy atom. The van der Waals surface area contributed by atoms with Gasteiger partial charge in [0.2, 0.25) is 16.4 Å². The minimum atomic E-state index is -3.69. The summed E-state index contributed by atoms with van der Waals surface area (Å²) < 4.78 is 36.0. The van der Waals surface area contributed by atoms with Crippen LogP contribution in [0, 0.1) is 0 Å². The van der Waals surface area contributed by atoms with Crippen LogP contribution >= 0.6 is 0 Å². The SMILES string of the molecule is CS(=O)(=O)Nc1cc(OC=O)c(C(=O)CNC=O)cc1Oc1ccccc1. The summed E-state index contributed by atoms with van der Waals surface area (Å²) >= 11 is 0. The zero-order chi connectivity index (χ0) is 19.9. The van der Waals surface area contributed by atoms with E-state index in [0.717, 1.165) is 12.3 Å². The normalized spacial score (nSPS) is 10.6. The van der Waals surface area contributed by atoms with Gasteiger partial charge >= 0.3 is 0 Å². The molecule has 0 bridgehead atoms. The molecule has 9 nitrogen and oxygen atoms in total. The molecule has 0 aliphatic carbocycles. The smallest absolute Gasteiger partial charge is 0.298 e. The van der Waals surface area contributed by atoms with Gasteiger partial charge in [0, 0.05) is 6.07 Å². The van der Waals surface area contributed by atoms with E-state index in [0.29, 0.717) is 12.2 Å². The number of Topliss-reactive ketones (excluding diaryl/α,β-unsaturated/α-hetero) is 1. The van der Waals surface area contributed by atoms with Gasteiger partial charge in [0.15, 0.2) is 11.5 Å². The van der Waals surface area contributed by atoms with Crippen LogP contribution in [0.1, 0.15) is 10.4 Å². The molecule has 0 radical (unpaired) electrons. The fourth-order valence-electron chi connectivity index (χ4n) is 2.14. The van der Waals surface area contributed by atoms with Crippen molar-refractivity contribution in [2.75, 3.05) is 17.5 Å². The lowest BCUT2D eigenvalue weighted by atomic mass is 10.1. The maximum absolute atomic E-state index is 12.3. The molecule has 0 spiro atoms. The van der Waals surface area contributed by atoms with Crippen molar-refractivity contribution < 1.29 is 32.3 Å². The van der Waals surface area contributed by atoms with Gasteiger partial charge in [0.25, 0.3) is 6.47 Å². The largest absolute Gasteiger partial charge is 0.455 e. The minimum Gasteiger partial charge on any atom is -0.455 e. The van der Waals surface area contributed by atoms with Crippen molar-refractivity contribution in [1.82, 2.24) is 5.32 Å². The van der Waals surface area contributed by atoms with Crippen molar-refractivity contribution in [2.45, 2.75) is 0 Å². The molecule has 0 unspecified atom stereocenters. The van der Waals surface area contributed by atoms with Gasteiger partial charge in [-0.2, -0.15) is 0 Å². The molecule has 2 rings (SSSR count). The summed E-state index contributed by atoms with van der Waals surface area (Å²) in [5, 5.41) is 2.21. The molecule has 2 aromatic rings. The van der Waals surface area contributed by atoms with Gasteiger partial charge in [-0.05, 0) is 18.2 Å². The number of hydrogen-bond donors (Lipinski definition) is 2. The predicted molar refractivity (Wildman–Crippen MR) is 96.5 cm³/mol. The molecule has 2 N–H and O–H groups in total. The molecule has 10 heteroatoms. The van der Waals surface area contributed by atoms with Crippen LogP contribution in [-0.4, -0.2) is 39.9 Å². The fourth-order valence-corrected chi connectivity index (χ4v) is 2.70. The van der Waals surface area contributed by atoms with E-state index in [1.54, 1.807) is 30.3 Å². The van der Waals surface area contributed by atoms with Crippen molar-refractivity contribution in [3.63, 3.8) is 0 Å². The molecule has 0 saturated carbocycles. The highest BCUT2D eigenvalue weighted by Crippen LogP contribution is 2.36. The van der Waals surface area contributed by atoms with Gasteiger partial charge in [-0.3, -0.25) is 19.1 Å². The van der Waals surface area contributed by atoms with Crippen LogP contribution in [0.25, 0.3) is 0 Å². The number of anilines is 1. The first-order valence-corrected chi connectivity index (χ1v) is 9.42. The Morgan fingerprint density at radius 2 is 1.81 bits per heavy atom. The van der Waals surface area contributed by atoms with Crippen LogP contribution in [0.5, 0.6) is 17.2 Å². The zero-order valence-electron chi connectivity index (χ0n) is 14.2. The third-order valence-electron chi connectivity index (χ3n) is 3.17. The molecule has 142 valence electrons. The highest BCUT2D eigenvalue weighted by atomic mass is 32.2. The molecular weight excluding hydrogens is 376 g/mol. The second-order valence-corrected chi connectivity index (χ2v) is 7.02. The Hall–Kier alpha value is -3.40. The number of ketones is 1. The molecule has 2 aromatic carbocycles. The second kappa shape index (κ2) is 8.81. The van der Waals surface area contributed by atoms with Gasteiger partial charge < -0.3 is 14.8 Å². The van der Waals surface area contributed by atoms with E-state index in [2.05, 4.69) is 10.0 Å². The Balaban J connectivity index is 2.56. The summed E-state index contributed by atoms with van der Waals surface area (Å²) in [5.74, 6) is -0.348. The zero-order valence-corrected chi connectivity index (χ0v) is 15.0. The first-order valence-electron chi connectivity index (χ1n) is 7.53. The topological polar surface area (TPSA) is 128 Å². The molecule has 0 aliphatic heterocycles. The number of para-hydroxylation sites is 1. The first kappa shape index (κ1) is 19.9. The Morgan fingerprint density at radius 1 is 1.11 bits per heavy atom. The quantitative estimate of drug-likeness (QED) is 0.461. The van der Waals surface area contributed by atoms with Crippen LogP contribution in [0.2, 0.25) is 0 Å². The molecule has 1 amide bonds. The first-order chi connectivity index (χ1) is 12.8. The van der Waals surface area contributed by atoms with E-state index in [9.17, 15) is 22.8 Å². The van der Waals surface area contributed by atoms with E-state index < -0.39 is 15.8 Å². The number of carbonyl (C=O) groups is 3. The van der Waals surface area contributed by atoms with Crippen LogP contribution < -0.4 is 19.5 Å². The highest BCUT2D eigenvalue weighted by molar-refractivity contribution is 7.92. The number of benzene rings is 2. The van der Waals surface area contributed by atoms with Crippen LogP contribution in [0.3, 0.4) is 0 Å². The monoisotopic (exact) mass is 392 g/mol. The van der Waals surface area contributed by atoms with E-state index in [1.165, 1.54) is 6.07 Å². The molecule has 27 heavy (non-hydrogen) atoms. The van der Waals surface area contributed by atoms with E-state index in [1.807, 2.05) is 0 Å². The third-order valence-corrected chi connectivity index (χ3v) is 3.76. The summed E-state index contributed by atoms with van der Waals surface area (Å²) in [6, 6.07) is 10.8. The maximum atomic E-state index is 12.3. The molecule has 0 saturated heterocycles. The summed E-state index contributed by atoms with van der Waals surface area (Å²) in [6.07, 6.45) is 1.28. The van der Waals surface area contributed by atoms with E-state index in [-0.39, 0.29) is 35.8 Å². The third kappa shape index (κ3) is 5.82. The minimum absolute atomic E-state index is 0.0133. The average Bonchev–Trinajstić information content (AvgIpc) is 2.61. The van der Waals surface area contributed by atoms with Crippen LogP contribution in [0.15, 0.2) is 42.5 Å². The number of sulfonamides is 1. The Labute approximate surface area is 155 Å². The maximum Gasteiger partial charge on any atom is 0.298 e. The molecule has 0 atom stereocenters. The van der Waals surface area contributed by atoms with Gasteiger partial charge in [-0.25, -0.2) is 8.42 Å². The molecule has 0 fully saturated rings. The standard InChI is InChI=1S/C17H16N2O7S/c1-27(23,24)19-14-8-16(25-11-21)13(15(22)9-18-10-20)7-17(14)26-12-5-3-2-4-6-12/h2-8,10-11,19H,9H2,1H3,(H,18,20). The van der Waals surface area contributed by atoms with Gasteiger partial charge in [-0.1, -0.05) is 18.2 Å². The number of carbonyl (C=O) groups excluding carboxylic acids is 3. The molecule has 0 aromatic heterocycles. The van der Waals surface area contributed by atoms with Crippen molar-refractivity contribution in [3.05, 3.63) is 48.0 Å². The van der Waals surface area contributed by atoms with Gasteiger partial charge in [0.05, 0.1) is 24.1 Å². The van der Waals surface area contributed by atoms with Crippen molar-refractivity contribution in [1.29, 1.82) is 0 Å². The lowest BCUT2D eigenvalue weighted by Gasteiger charge is -2.16. The molecule has 0 aliphatic rings. The summed E-state index contributed by atoms with van der Waals surface area (Å²) in [6.45, 7) is -0.246. The van der Waals surface area contributed by atoms with Crippen LogP contribution in [-0.2, 0) is 19.6 Å². The lowest BCUT2D eigenvalue weighted by molar-refractivity contribution is -0.120. The summed E-state index contributed by atoms with van der Waals surface area (Å²) in [5.41, 5.74) is -0.0977. The molecule has 0 heterocycles. The van der Waals surface area contributed by atoms with Crippen molar-refractivity contribution in [3.8, 4) is 17.2 Å². The average molecular weight is 392 g/mol. The lowest BCUT2D eigenvalue weighted by Crippen LogP contribution is -2.22. The van der Waals surface area contributed by atoms with Gasteiger partial charge in [0.1, 0.15) is 11.5 Å². The van der Waals surface area contributed by atoms with Crippen molar-refractivity contribution >= 4 is 34.4 Å². The number of nitrogens with one attached hydrogen (secondary N) is 2. The number of hydrogen-bond acceptors (Lipinski definition) is 7. The number of amides is 1. The Kier molecular flexibility index (Phi) is 6.50. The number of ether oxygens (including phenoxy) is 2. The predicted octanol–water partition coefficient (Wildman–Crippen LogP) is 1.31. The van der Waals surface area contributed by atoms with E-state index >= 15 is 0 Å². The summed E-state index contributed by atoms with van der Waals surface area (Å²) in [4.78, 5) is 33.5. The molecular formula is C17H16N2O7S. The highest BCUT2D eigenvalue weighted by Gasteiger charge is 2.20. The number of rotatable bonds is 10. The van der Waals surface area contributed by atoms with Gasteiger partial charge in [-0.15, -0.1) is 0 Å². The fraction of sp³-hybridized carbons (Fsp3) is 0.118. The van der Waals surface area contributed by atoms with Crippen molar-refractivity contribution in [2.24, 2.45) is 0 Å². The second-order valence-electron chi connectivity index (χ2n) is 5.27. The summed E-state index contributed by atoms with van der Waals surface area (Å²) in [7, 11) is -3.69. The van der Waals surface area contributed by atoms with Crippen LogP contribution in [0.4, 0.5) is 5.69 Å². The van der Waals surface area contributed by atoms with E-state index in [4.69, 9.17) is 9.47 Å².